The molecule has 4 nitrogen and oxygen atoms in total. The molecule has 0 bridgehead atoms. The summed E-state index contributed by atoms with van der Waals surface area (Å²) in [5.41, 5.74) is 3.13. The van der Waals surface area contributed by atoms with Crippen molar-refractivity contribution < 1.29 is 9.59 Å². The number of carbonyl (C=O) groups is 2. The van der Waals surface area contributed by atoms with Gasteiger partial charge in [0.1, 0.15) is 0 Å². The number of hydrogen-bond donors (Lipinski definition) is 1. The molecule has 0 aliphatic carbocycles. The Kier molecular flexibility index (Phi) is 3.36. The normalized spacial score (nSPS) is 16.1. The number of aryl methyl sites for hydroxylation is 1. The van der Waals surface area contributed by atoms with Gasteiger partial charge in [0.15, 0.2) is 0 Å². The third-order valence-corrected chi connectivity index (χ3v) is 3.24. The summed E-state index contributed by atoms with van der Waals surface area (Å²) in [4.78, 5) is 24.6. The molecule has 2 rings (SSSR count). The lowest BCUT2D eigenvalue weighted by Crippen LogP contribution is -2.49. The highest BCUT2D eigenvalue weighted by Gasteiger charge is 2.25. The third kappa shape index (κ3) is 2.37. The van der Waals surface area contributed by atoms with E-state index in [1.165, 1.54) is 5.56 Å². The first kappa shape index (κ1) is 12.6. The molecular formula is C14H18N2O2. The van der Waals surface area contributed by atoms with Gasteiger partial charge in [0.05, 0.1) is 0 Å². The van der Waals surface area contributed by atoms with Gasteiger partial charge in [-0.25, -0.2) is 4.79 Å². The van der Waals surface area contributed by atoms with Gasteiger partial charge in [-0.2, -0.15) is 0 Å². The van der Waals surface area contributed by atoms with Crippen molar-refractivity contribution in [3.63, 3.8) is 0 Å². The van der Waals surface area contributed by atoms with Gasteiger partial charge >= 0.3 is 6.03 Å². The molecule has 0 unspecified atom stereocenters. The Labute approximate surface area is 107 Å². The fraction of sp³-hybridized carbons (Fsp3) is 0.429. The highest BCUT2D eigenvalue weighted by molar-refractivity contribution is 6.05. The zero-order chi connectivity index (χ0) is 13.3. The summed E-state index contributed by atoms with van der Waals surface area (Å²) in [6, 6.07) is 5.82. The number of amides is 3. The van der Waals surface area contributed by atoms with Crippen molar-refractivity contribution in [1.29, 1.82) is 0 Å². The number of benzene rings is 1. The molecule has 1 saturated heterocycles. The average Bonchev–Trinajstić information content (AvgIpc) is 2.30. The Morgan fingerprint density at radius 3 is 2.61 bits per heavy atom. The number of rotatable bonds is 2. The molecule has 3 amide bonds. The van der Waals surface area contributed by atoms with Gasteiger partial charge in [-0.3, -0.25) is 15.0 Å². The Morgan fingerprint density at radius 1 is 1.28 bits per heavy atom. The molecule has 1 aromatic rings. The summed E-state index contributed by atoms with van der Waals surface area (Å²) in [5, 5.41) is 2.35. The Bertz CT molecular complexity index is 495. The van der Waals surface area contributed by atoms with Gasteiger partial charge in [0, 0.05) is 18.7 Å². The van der Waals surface area contributed by atoms with E-state index in [2.05, 4.69) is 25.2 Å². The monoisotopic (exact) mass is 246 g/mol. The van der Waals surface area contributed by atoms with E-state index in [0.29, 0.717) is 18.9 Å². The molecule has 0 atom stereocenters. The maximum absolute atomic E-state index is 11.8. The predicted molar refractivity (Wildman–Crippen MR) is 70.8 cm³/mol. The van der Waals surface area contributed by atoms with Crippen LogP contribution < -0.4 is 10.2 Å². The quantitative estimate of drug-likeness (QED) is 0.871. The number of hydrogen-bond acceptors (Lipinski definition) is 2. The number of urea groups is 1. The van der Waals surface area contributed by atoms with Crippen LogP contribution in [0.2, 0.25) is 0 Å². The van der Waals surface area contributed by atoms with Crippen LogP contribution in [-0.2, 0) is 4.79 Å². The van der Waals surface area contributed by atoms with Crippen LogP contribution in [0.3, 0.4) is 0 Å². The van der Waals surface area contributed by atoms with Crippen LogP contribution >= 0.6 is 0 Å². The second kappa shape index (κ2) is 4.80. The van der Waals surface area contributed by atoms with Gasteiger partial charge in [-0.15, -0.1) is 0 Å². The second-order valence-electron chi connectivity index (χ2n) is 4.96. The van der Waals surface area contributed by atoms with Crippen molar-refractivity contribution in [2.45, 2.75) is 33.1 Å². The Morgan fingerprint density at radius 2 is 2.00 bits per heavy atom. The zero-order valence-corrected chi connectivity index (χ0v) is 11.0. The van der Waals surface area contributed by atoms with Crippen molar-refractivity contribution in [3.8, 4) is 0 Å². The topological polar surface area (TPSA) is 49.4 Å². The number of imide groups is 1. The number of nitrogens with one attached hydrogen (secondary N) is 1. The van der Waals surface area contributed by atoms with Crippen LogP contribution in [-0.4, -0.2) is 18.5 Å². The largest absolute Gasteiger partial charge is 0.328 e. The molecule has 1 aliphatic heterocycles. The molecule has 0 aromatic heterocycles. The molecule has 0 saturated carbocycles. The summed E-state index contributed by atoms with van der Waals surface area (Å²) >= 11 is 0. The van der Waals surface area contributed by atoms with Crippen LogP contribution in [0.15, 0.2) is 18.2 Å². The van der Waals surface area contributed by atoms with Crippen LogP contribution in [0.1, 0.15) is 37.3 Å². The van der Waals surface area contributed by atoms with E-state index >= 15 is 0 Å². The van der Waals surface area contributed by atoms with Gasteiger partial charge in [0.2, 0.25) is 5.91 Å². The maximum atomic E-state index is 11.8. The zero-order valence-electron chi connectivity index (χ0n) is 11.0. The van der Waals surface area contributed by atoms with Crippen LogP contribution in [0.25, 0.3) is 0 Å². The summed E-state index contributed by atoms with van der Waals surface area (Å²) in [7, 11) is 0. The lowest BCUT2D eigenvalue weighted by atomic mass is 10.00. The van der Waals surface area contributed by atoms with Crippen LogP contribution in [0, 0.1) is 6.92 Å². The Hall–Kier alpha value is -1.84. The SMILES string of the molecule is Cc1ccc(C(C)C)cc1N1CCC(=O)NC1=O. The molecule has 1 aromatic carbocycles. The average molecular weight is 246 g/mol. The maximum Gasteiger partial charge on any atom is 0.328 e. The van der Waals surface area contributed by atoms with E-state index in [-0.39, 0.29) is 11.9 Å². The van der Waals surface area contributed by atoms with Crippen molar-refractivity contribution >= 4 is 17.6 Å². The number of carbonyl (C=O) groups excluding carboxylic acids is 2. The van der Waals surface area contributed by atoms with Gasteiger partial charge in [0.25, 0.3) is 0 Å². The highest BCUT2D eigenvalue weighted by Crippen LogP contribution is 2.26. The minimum absolute atomic E-state index is 0.200. The van der Waals surface area contributed by atoms with E-state index in [9.17, 15) is 9.59 Å². The van der Waals surface area contributed by atoms with E-state index in [0.717, 1.165) is 11.3 Å². The van der Waals surface area contributed by atoms with Crippen LogP contribution in [0.5, 0.6) is 0 Å². The van der Waals surface area contributed by atoms with Gasteiger partial charge < -0.3 is 0 Å². The minimum atomic E-state index is -0.324. The minimum Gasteiger partial charge on any atom is -0.293 e. The standard InChI is InChI=1S/C14H18N2O2/c1-9(2)11-5-4-10(3)12(8-11)16-7-6-13(17)15-14(16)18/h4-5,8-9H,6-7H2,1-3H3,(H,15,17,18). The van der Waals surface area contributed by atoms with E-state index < -0.39 is 0 Å². The molecule has 1 aliphatic rings. The molecule has 96 valence electrons. The molecular weight excluding hydrogens is 228 g/mol. The summed E-state index contributed by atoms with van der Waals surface area (Å²) in [6.45, 7) is 6.67. The Balaban J connectivity index is 2.35. The molecule has 1 N–H and O–H groups in total. The van der Waals surface area contributed by atoms with Crippen molar-refractivity contribution in [3.05, 3.63) is 29.3 Å². The fourth-order valence-corrected chi connectivity index (χ4v) is 2.07. The van der Waals surface area contributed by atoms with E-state index in [4.69, 9.17) is 0 Å². The first-order chi connectivity index (χ1) is 8.49. The number of anilines is 1. The van der Waals surface area contributed by atoms with Crippen molar-refractivity contribution in [1.82, 2.24) is 5.32 Å². The molecule has 1 fully saturated rings. The van der Waals surface area contributed by atoms with Crippen LogP contribution in [0.4, 0.5) is 10.5 Å². The molecule has 18 heavy (non-hydrogen) atoms. The molecule has 4 heteroatoms. The predicted octanol–water partition coefficient (Wildman–Crippen LogP) is 2.56. The van der Waals surface area contributed by atoms with Gasteiger partial charge in [-0.1, -0.05) is 26.0 Å². The fourth-order valence-electron chi connectivity index (χ4n) is 2.07. The lowest BCUT2D eigenvalue weighted by molar-refractivity contribution is -0.120. The van der Waals surface area contributed by atoms with E-state index in [1.807, 2.05) is 19.1 Å². The number of nitrogens with zero attached hydrogens (tertiary/aromatic N) is 1. The second-order valence-corrected chi connectivity index (χ2v) is 4.96. The summed E-state index contributed by atoms with van der Waals surface area (Å²) < 4.78 is 0. The third-order valence-electron chi connectivity index (χ3n) is 3.24. The lowest BCUT2D eigenvalue weighted by Gasteiger charge is -2.28. The smallest absolute Gasteiger partial charge is 0.293 e. The van der Waals surface area contributed by atoms with Crippen molar-refractivity contribution in [2.75, 3.05) is 11.4 Å². The highest BCUT2D eigenvalue weighted by atomic mass is 16.2. The van der Waals surface area contributed by atoms with E-state index in [1.54, 1.807) is 4.90 Å². The van der Waals surface area contributed by atoms with Crippen molar-refractivity contribution in [2.24, 2.45) is 0 Å². The molecule has 0 radical (unpaired) electrons. The van der Waals surface area contributed by atoms with Gasteiger partial charge in [-0.05, 0) is 30.0 Å². The molecule has 0 spiro atoms. The summed E-state index contributed by atoms with van der Waals surface area (Å²) in [5.74, 6) is 0.216. The summed E-state index contributed by atoms with van der Waals surface area (Å²) in [6.07, 6.45) is 0.358. The first-order valence-electron chi connectivity index (χ1n) is 6.21. The molecule has 1 heterocycles. The first-order valence-corrected chi connectivity index (χ1v) is 6.21.